The summed E-state index contributed by atoms with van der Waals surface area (Å²) in [4.78, 5) is 38.9. The van der Waals surface area contributed by atoms with Crippen molar-refractivity contribution in [2.75, 3.05) is 13.2 Å². The minimum absolute atomic E-state index is 0.00938. The Kier molecular flexibility index (Phi) is 11.4. The van der Waals surface area contributed by atoms with Crippen molar-refractivity contribution in [1.29, 1.82) is 0 Å². The van der Waals surface area contributed by atoms with Crippen LogP contribution in [-0.4, -0.2) is 42.1 Å². The fraction of sp³-hybridized carbons (Fsp3) is 0.433. The van der Waals surface area contributed by atoms with Crippen LogP contribution in [0.15, 0.2) is 72.8 Å². The molecule has 0 fully saturated rings. The van der Waals surface area contributed by atoms with Crippen molar-refractivity contribution in [3.8, 4) is 0 Å². The van der Waals surface area contributed by atoms with Gasteiger partial charge in [0, 0.05) is 12.5 Å². The zero-order valence-electron chi connectivity index (χ0n) is 21.5. The zero-order chi connectivity index (χ0) is 26.5. The molecule has 3 rings (SSSR count). The standard InChI is InChI=1S/C30H38N2O5/c1-22(21-33)32-28(34)19-25-16-8-2-3-9-17-26(18-23-12-6-4-7-13-23)30(36)37-27(20-31-29(25)35)24-14-10-5-11-15-24/h2,4-8,10-15,22,25-27,33H,3,9,16-21H2,1H3,(H,31,35)(H,32,34)/t22-,25+,26+,27-/m0/s1. The SMILES string of the molecule is C[C@@H](CO)NC(=O)C[C@H]1CC=CCCC[C@H](Cc2ccccc2)C(=O)O[C@H](c2ccccc2)CNC1=O. The number of esters is 1. The molecule has 2 amide bonds. The van der Waals surface area contributed by atoms with E-state index in [2.05, 4.69) is 10.6 Å². The Morgan fingerprint density at radius 1 is 1.05 bits per heavy atom. The summed E-state index contributed by atoms with van der Waals surface area (Å²) in [5, 5.41) is 14.8. The second-order valence-corrected chi connectivity index (χ2v) is 9.66. The summed E-state index contributed by atoms with van der Waals surface area (Å²) < 4.78 is 6.02. The highest BCUT2D eigenvalue weighted by Crippen LogP contribution is 2.24. The van der Waals surface area contributed by atoms with Crippen molar-refractivity contribution in [3.63, 3.8) is 0 Å². The maximum atomic E-state index is 13.4. The highest BCUT2D eigenvalue weighted by Gasteiger charge is 2.27. The molecular formula is C30H38N2O5. The van der Waals surface area contributed by atoms with Gasteiger partial charge in [0.15, 0.2) is 0 Å². The molecule has 0 spiro atoms. The molecule has 0 bridgehead atoms. The van der Waals surface area contributed by atoms with Crippen LogP contribution in [0.25, 0.3) is 0 Å². The number of rotatable bonds is 7. The van der Waals surface area contributed by atoms with Gasteiger partial charge in [-0.25, -0.2) is 0 Å². The molecule has 3 N–H and O–H groups in total. The number of cyclic esters (lactones) is 1. The van der Waals surface area contributed by atoms with Crippen molar-refractivity contribution in [3.05, 3.63) is 83.9 Å². The molecule has 37 heavy (non-hydrogen) atoms. The van der Waals surface area contributed by atoms with E-state index in [9.17, 15) is 19.5 Å². The van der Waals surface area contributed by atoms with Crippen LogP contribution >= 0.6 is 0 Å². The lowest BCUT2D eigenvalue weighted by Crippen LogP contribution is -2.40. The Labute approximate surface area is 219 Å². The number of hydrogen-bond acceptors (Lipinski definition) is 5. The maximum absolute atomic E-state index is 13.4. The number of carbonyl (C=O) groups excluding carboxylic acids is 3. The van der Waals surface area contributed by atoms with Gasteiger partial charge in [0.25, 0.3) is 0 Å². The monoisotopic (exact) mass is 506 g/mol. The number of nitrogens with one attached hydrogen (secondary N) is 2. The van der Waals surface area contributed by atoms with E-state index in [-0.39, 0.29) is 49.3 Å². The Morgan fingerprint density at radius 3 is 2.46 bits per heavy atom. The average molecular weight is 507 g/mol. The normalized spacial score (nSPS) is 22.3. The molecule has 0 saturated heterocycles. The van der Waals surface area contributed by atoms with Gasteiger partial charge in [-0.2, -0.15) is 0 Å². The Morgan fingerprint density at radius 2 is 1.76 bits per heavy atom. The van der Waals surface area contributed by atoms with Crippen LogP contribution in [0, 0.1) is 11.8 Å². The maximum Gasteiger partial charge on any atom is 0.309 e. The van der Waals surface area contributed by atoms with Crippen molar-refractivity contribution in [2.24, 2.45) is 11.8 Å². The molecule has 2 aromatic carbocycles. The van der Waals surface area contributed by atoms with Crippen molar-refractivity contribution >= 4 is 17.8 Å². The molecule has 7 heteroatoms. The summed E-state index contributed by atoms with van der Waals surface area (Å²) in [6, 6.07) is 18.9. The molecule has 1 aliphatic rings. The highest BCUT2D eigenvalue weighted by molar-refractivity contribution is 5.86. The molecule has 0 unspecified atom stereocenters. The molecule has 198 valence electrons. The lowest BCUT2D eigenvalue weighted by molar-refractivity contribution is -0.155. The third-order valence-corrected chi connectivity index (χ3v) is 6.54. The Balaban J connectivity index is 1.78. The first-order chi connectivity index (χ1) is 18.0. The second kappa shape index (κ2) is 15.0. The molecule has 2 aromatic rings. The van der Waals surface area contributed by atoms with Crippen LogP contribution in [0.4, 0.5) is 0 Å². The lowest BCUT2D eigenvalue weighted by atomic mass is 9.93. The largest absolute Gasteiger partial charge is 0.455 e. The van der Waals surface area contributed by atoms with E-state index in [1.807, 2.05) is 72.8 Å². The van der Waals surface area contributed by atoms with E-state index in [1.54, 1.807) is 6.92 Å². The number of carbonyl (C=O) groups is 3. The summed E-state index contributed by atoms with van der Waals surface area (Å²) >= 11 is 0. The van der Waals surface area contributed by atoms with Crippen molar-refractivity contribution in [2.45, 2.75) is 57.6 Å². The van der Waals surface area contributed by atoms with E-state index in [4.69, 9.17) is 4.74 Å². The van der Waals surface area contributed by atoms with Gasteiger partial charge in [-0.3, -0.25) is 14.4 Å². The molecule has 0 aliphatic carbocycles. The van der Waals surface area contributed by atoms with Gasteiger partial charge in [0.1, 0.15) is 6.10 Å². The van der Waals surface area contributed by atoms with Gasteiger partial charge in [-0.05, 0) is 50.2 Å². The quantitative estimate of drug-likeness (QED) is 0.391. The third-order valence-electron chi connectivity index (χ3n) is 6.54. The highest BCUT2D eigenvalue weighted by atomic mass is 16.5. The first kappa shape index (κ1) is 28.1. The van der Waals surface area contributed by atoms with E-state index in [1.165, 1.54) is 0 Å². The molecule has 4 atom stereocenters. The van der Waals surface area contributed by atoms with Gasteiger partial charge in [0.2, 0.25) is 11.8 Å². The molecule has 0 aromatic heterocycles. The lowest BCUT2D eigenvalue weighted by Gasteiger charge is -2.24. The summed E-state index contributed by atoms with van der Waals surface area (Å²) in [6.45, 7) is 1.65. The van der Waals surface area contributed by atoms with Crippen molar-refractivity contribution in [1.82, 2.24) is 10.6 Å². The van der Waals surface area contributed by atoms with E-state index in [0.717, 1.165) is 24.0 Å². The van der Waals surface area contributed by atoms with E-state index in [0.29, 0.717) is 19.3 Å². The van der Waals surface area contributed by atoms with Crippen LogP contribution in [0.2, 0.25) is 0 Å². The summed E-state index contributed by atoms with van der Waals surface area (Å²) in [6.07, 6.45) is 6.62. The van der Waals surface area contributed by atoms with Gasteiger partial charge < -0.3 is 20.5 Å². The summed E-state index contributed by atoms with van der Waals surface area (Å²) in [5.41, 5.74) is 1.88. The Hall–Kier alpha value is -3.45. The van der Waals surface area contributed by atoms with Crippen LogP contribution in [0.1, 0.15) is 56.3 Å². The van der Waals surface area contributed by atoms with Gasteiger partial charge >= 0.3 is 5.97 Å². The minimum Gasteiger partial charge on any atom is -0.455 e. The zero-order valence-corrected chi connectivity index (χ0v) is 21.5. The molecule has 0 radical (unpaired) electrons. The number of ether oxygens (including phenoxy) is 1. The number of amides is 2. The molecule has 7 nitrogen and oxygen atoms in total. The number of aliphatic hydroxyl groups excluding tert-OH is 1. The predicted octanol–water partition coefficient (Wildman–Crippen LogP) is 3.88. The molecule has 1 heterocycles. The van der Waals surface area contributed by atoms with Crippen LogP contribution in [0.5, 0.6) is 0 Å². The fourth-order valence-electron chi connectivity index (χ4n) is 4.42. The van der Waals surface area contributed by atoms with Gasteiger partial charge in [-0.15, -0.1) is 0 Å². The average Bonchev–Trinajstić information content (AvgIpc) is 2.91. The second-order valence-electron chi connectivity index (χ2n) is 9.66. The molecule has 0 saturated carbocycles. The molecular weight excluding hydrogens is 468 g/mol. The summed E-state index contributed by atoms with van der Waals surface area (Å²) in [7, 11) is 0. The molecule has 1 aliphatic heterocycles. The number of benzene rings is 2. The van der Waals surface area contributed by atoms with Crippen molar-refractivity contribution < 1.29 is 24.2 Å². The van der Waals surface area contributed by atoms with Gasteiger partial charge in [-0.1, -0.05) is 72.8 Å². The van der Waals surface area contributed by atoms with Crippen LogP contribution in [0.3, 0.4) is 0 Å². The van der Waals surface area contributed by atoms with E-state index >= 15 is 0 Å². The Bertz CT molecular complexity index is 1020. The predicted molar refractivity (Wildman–Crippen MR) is 142 cm³/mol. The first-order valence-electron chi connectivity index (χ1n) is 13.1. The van der Waals surface area contributed by atoms with E-state index < -0.39 is 12.0 Å². The van der Waals surface area contributed by atoms with Crippen LogP contribution < -0.4 is 10.6 Å². The minimum atomic E-state index is -0.640. The topological polar surface area (TPSA) is 105 Å². The van der Waals surface area contributed by atoms with Gasteiger partial charge in [0.05, 0.1) is 25.0 Å². The summed E-state index contributed by atoms with van der Waals surface area (Å²) in [5.74, 6) is -1.69. The van der Waals surface area contributed by atoms with Crippen LogP contribution in [-0.2, 0) is 25.5 Å². The first-order valence-corrected chi connectivity index (χ1v) is 13.1. The fourth-order valence-corrected chi connectivity index (χ4v) is 4.42. The third kappa shape index (κ3) is 9.50. The number of aliphatic hydroxyl groups is 1. The smallest absolute Gasteiger partial charge is 0.309 e. The number of allylic oxidation sites excluding steroid dienone is 2. The number of hydrogen-bond donors (Lipinski definition) is 3.